The van der Waals surface area contributed by atoms with E-state index in [-0.39, 0.29) is 18.9 Å². The van der Waals surface area contributed by atoms with E-state index in [2.05, 4.69) is 17.0 Å². The molecule has 0 aliphatic carbocycles. The van der Waals surface area contributed by atoms with E-state index in [9.17, 15) is 19.5 Å². The summed E-state index contributed by atoms with van der Waals surface area (Å²) in [6.45, 7) is 5.62. The van der Waals surface area contributed by atoms with Crippen molar-refractivity contribution in [3.05, 3.63) is 75.8 Å². The highest BCUT2D eigenvalue weighted by molar-refractivity contribution is 6.31. The first-order valence-electron chi connectivity index (χ1n) is 11.6. The normalized spacial score (nSPS) is 24.8. The lowest BCUT2D eigenvalue weighted by Crippen LogP contribution is -2.66. The fraction of sp³-hybridized carbons (Fsp3) is 0.308. The minimum absolute atomic E-state index is 0.115. The summed E-state index contributed by atoms with van der Waals surface area (Å²) in [7, 11) is 0. The van der Waals surface area contributed by atoms with Gasteiger partial charge in [0.1, 0.15) is 24.3 Å². The number of hydrogen-bond acceptors (Lipinski definition) is 5. The van der Waals surface area contributed by atoms with Crippen LogP contribution < -0.4 is 5.32 Å². The number of piperidine rings is 1. The predicted molar refractivity (Wildman–Crippen MR) is 137 cm³/mol. The van der Waals surface area contributed by atoms with Crippen LogP contribution in [0.4, 0.5) is 5.69 Å². The second-order valence-electron chi connectivity index (χ2n) is 9.23. The van der Waals surface area contributed by atoms with Crippen LogP contribution >= 0.6 is 23.2 Å². The zero-order valence-electron chi connectivity index (χ0n) is 19.5. The molecular formula is C26H24Cl2N4O4. The molecule has 2 aromatic rings. The zero-order chi connectivity index (χ0) is 25.8. The molecule has 186 valence electrons. The molecule has 0 aromatic heterocycles. The Labute approximate surface area is 218 Å². The third kappa shape index (κ3) is 3.67. The predicted octanol–water partition coefficient (Wildman–Crippen LogP) is 4.25. The number of carboxylic acid groups (broad SMARTS) is 1. The van der Waals surface area contributed by atoms with Crippen molar-refractivity contribution in [2.45, 2.75) is 37.1 Å². The van der Waals surface area contributed by atoms with E-state index in [1.54, 1.807) is 18.2 Å². The number of hydrogen-bond donors (Lipinski definition) is 2. The molecule has 36 heavy (non-hydrogen) atoms. The standard InChI is InChI=1S/C26H24Cl2N4O4/c1-3-14(2)24-26(18-8-7-17(28)10-20(18)29-25(26)36)19(15-5-4-6-16(27)9-15)11-21-30-32(13-23(34)35)22(33)12-31(21)24/h4-10,19,24H,2-3,11-13H2,1H3,(H,29,36)(H,34,35)/t19-,24+,26-/m0/s1. The van der Waals surface area contributed by atoms with Crippen molar-refractivity contribution in [1.82, 2.24) is 9.91 Å². The van der Waals surface area contributed by atoms with Crippen LogP contribution in [0.25, 0.3) is 0 Å². The number of fused-ring (bicyclic) bond motifs is 3. The molecule has 2 aromatic carbocycles. The van der Waals surface area contributed by atoms with Crippen LogP contribution in [0.2, 0.25) is 10.0 Å². The monoisotopic (exact) mass is 526 g/mol. The molecule has 2 N–H and O–H groups in total. The number of nitrogens with one attached hydrogen (secondary N) is 1. The van der Waals surface area contributed by atoms with Crippen molar-refractivity contribution in [1.29, 1.82) is 0 Å². The molecule has 0 bridgehead atoms. The Kier molecular flexibility index (Phi) is 6.04. The van der Waals surface area contributed by atoms with Gasteiger partial charge in [0, 0.05) is 28.1 Å². The number of amidine groups is 1. The number of aliphatic carboxylic acids is 1. The lowest BCUT2D eigenvalue weighted by atomic mass is 9.58. The summed E-state index contributed by atoms with van der Waals surface area (Å²) in [4.78, 5) is 40.3. The molecule has 2 amide bonds. The summed E-state index contributed by atoms with van der Waals surface area (Å²) in [6, 6.07) is 12.1. The van der Waals surface area contributed by atoms with Crippen LogP contribution in [0.15, 0.2) is 59.7 Å². The second-order valence-corrected chi connectivity index (χ2v) is 10.1. The van der Waals surface area contributed by atoms with E-state index in [1.807, 2.05) is 36.1 Å². The number of anilines is 1. The molecule has 10 heteroatoms. The van der Waals surface area contributed by atoms with Gasteiger partial charge in [0.2, 0.25) is 5.91 Å². The number of nitrogens with zero attached hydrogens (tertiary/aromatic N) is 3. The topological polar surface area (TPSA) is 102 Å². The first kappa shape index (κ1) is 24.3. The maximum Gasteiger partial charge on any atom is 0.325 e. The fourth-order valence-corrected chi connectivity index (χ4v) is 6.16. The van der Waals surface area contributed by atoms with Gasteiger partial charge in [-0.15, -0.1) is 0 Å². The van der Waals surface area contributed by atoms with Crippen molar-refractivity contribution < 1.29 is 19.5 Å². The van der Waals surface area contributed by atoms with Gasteiger partial charge in [0.15, 0.2) is 0 Å². The lowest BCUT2D eigenvalue weighted by Gasteiger charge is -2.54. The van der Waals surface area contributed by atoms with Gasteiger partial charge in [-0.2, -0.15) is 5.10 Å². The van der Waals surface area contributed by atoms with E-state index in [0.717, 1.165) is 21.7 Å². The number of amides is 2. The quantitative estimate of drug-likeness (QED) is 0.567. The van der Waals surface area contributed by atoms with Crippen molar-refractivity contribution in [2.24, 2.45) is 5.10 Å². The highest BCUT2D eigenvalue weighted by Gasteiger charge is 2.63. The summed E-state index contributed by atoms with van der Waals surface area (Å²) in [5.41, 5.74) is 1.82. The minimum atomic E-state index is -1.16. The average Bonchev–Trinajstić information content (AvgIpc) is 3.10. The third-order valence-corrected chi connectivity index (χ3v) is 7.74. The van der Waals surface area contributed by atoms with E-state index >= 15 is 0 Å². The first-order valence-corrected chi connectivity index (χ1v) is 12.3. The Balaban J connectivity index is 1.78. The smallest absolute Gasteiger partial charge is 0.325 e. The molecule has 5 rings (SSSR count). The Morgan fingerprint density at radius 1 is 1.22 bits per heavy atom. The largest absolute Gasteiger partial charge is 0.480 e. The van der Waals surface area contributed by atoms with E-state index < -0.39 is 35.8 Å². The molecule has 0 saturated carbocycles. The van der Waals surface area contributed by atoms with Gasteiger partial charge in [-0.3, -0.25) is 14.4 Å². The van der Waals surface area contributed by atoms with E-state index in [4.69, 9.17) is 23.2 Å². The van der Waals surface area contributed by atoms with Gasteiger partial charge in [0.25, 0.3) is 5.91 Å². The maximum atomic E-state index is 14.1. The van der Waals surface area contributed by atoms with Crippen LogP contribution in [-0.2, 0) is 19.8 Å². The molecule has 1 spiro atoms. The summed E-state index contributed by atoms with van der Waals surface area (Å²) in [5, 5.41) is 18.8. The van der Waals surface area contributed by atoms with E-state index in [1.165, 1.54) is 0 Å². The SMILES string of the molecule is C=C(CC)[C@H]1N2CC(=O)N(CC(=O)O)N=C2C[C@@H](c2cccc(Cl)c2)[C@]12C(=O)Nc1cc(Cl)ccc12. The number of benzene rings is 2. The summed E-state index contributed by atoms with van der Waals surface area (Å²) >= 11 is 12.7. The molecule has 1 fully saturated rings. The van der Waals surface area contributed by atoms with Gasteiger partial charge in [-0.05, 0) is 41.8 Å². The van der Waals surface area contributed by atoms with Gasteiger partial charge in [0.05, 0.1) is 6.04 Å². The highest BCUT2D eigenvalue weighted by atomic mass is 35.5. The number of carboxylic acids is 1. The molecule has 3 aliphatic rings. The summed E-state index contributed by atoms with van der Waals surface area (Å²) in [6.07, 6.45) is 0.842. The average molecular weight is 527 g/mol. The lowest BCUT2D eigenvalue weighted by molar-refractivity contribution is -0.146. The third-order valence-electron chi connectivity index (χ3n) is 7.27. The Morgan fingerprint density at radius 3 is 2.67 bits per heavy atom. The molecule has 1 saturated heterocycles. The van der Waals surface area contributed by atoms with Crippen LogP contribution in [0.3, 0.4) is 0 Å². The molecule has 3 aliphatic heterocycles. The molecule has 8 nitrogen and oxygen atoms in total. The van der Waals surface area contributed by atoms with Gasteiger partial charge >= 0.3 is 5.97 Å². The number of carbonyl (C=O) groups excluding carboxylic acids is 2. The Morgan fingerprint density at radius 2 is 1.97 bits per heavy atom. The fourth-order valence-electron chi connectivity index (χ4n) is 5.79. The molecule has 0 unspecified atom stereocenters. The van der Waals surface area contributed by atoms with Crippen LogP contribution in [0.5, 0.6) is 0 Å². The van der Waals surface area contributed by atoms with Gasteiger partial charge in [-0.25, -0.2) is 5.01 Å². The summed E-state index contributed by atoms with van der Waals surface area (Å²) in [5.74, 6) is -1.73. The van der Waals surface area contributed by atoms with Crippen molar-refractivity contribution in [3.63, 3.8) is 0 Å². The Hall–Kier alpha value is -3.36. The highest BCUT2D eigenvalue weighted by Crippen LogP contribution is 2.57. The summed E-state index contributed by atoms with van der Waals surface area (Å²) < 4.78 is 0. The molecular weight excluding hydrogens is 503 g/mol. The number of rotatable bonds is 5. The number of hydrazone groups is 1. The van der Waals surface area contributed by atoms with E-state index in [0.29, 0.717) is 28.0 Å². The van der Waals surface area contributed by atoms with Crippen molar-refractivity contribution in [3.8, 4) is 0 Å². The van der Waals surface area contributed by atoms with Crippen LogP contribution in [-0.4, -0.2) is 57.8 Å². The minimum Gasteiger partial charge on any atom is -0.480 e. The van der Waals surface area contributed by atoms with Gasteiger partial charge in [-0.1, -0.05) is 60.5 Å². The molecule has 3 atom stereocenters. The van der Waals surface area contributed by atoms with Crippen LogP contribution in [0.1, 0.15) is 36.8 Å². The first-order chi connectivity index (χ1) is 17.2. The molecule has 3 heterocycles. The number of halogens is 2. The van der Waals surface area contributed by atoms with Crippen LogP contribution in [0, 0.1) is 0 Å². The zero-order valence-corrected chi connectivity index (χ0v) is 21.0. The van der Waals surface area contributed by atoms with Crippen molar-refractivity contribution >= 4 is 52.5 Å². The van der Waals surface area contributed by atoms with Gasteiger partial charge < -0.3 is 15.3 Å². The number of carbonyl (C=O) groups is 3. The second kappa shape index (κ2) is 8.94. The molecule has 0 radical (unpaired) electrons. The van der Waals surface area contributed by atoms with Crippen molar-refractivity contribution in [2.75, 3.05) is 18.4 Å². The Bertz CT molecular complexity index is 1340. The maximum absolute atomic E-state index is 14.1.